The zero-order valence-electron chi connectivity index (χ0n) is 13.1. The topological polar surface area (TPSA) is 83.0 Å². The van der Waals surface area contributed by atoms with E-state index in [2.05, 4.69) is 9.97 Å². The molecule has 23 heavy (non-hydrogen) atoms. The molecule has 6 nitrogen and oxygen atoms in total. The van der Waals surface area contributed by atoms with Gasteiger partial charge >= 0.3 is 5.97 Å². The third-order valence-electron chi connectivity index (χ3n) is 3.34. The Morgan fingerprint density at radius 2 is 2.09 bits per heavy atom. The Morgan fingerprint density at radius 1 is 1.35 bits per heavy atom. The summed E-state index contributed by atoms with van der Waals surface area (Å²) in [6, 6.07) is 4.29. The monoisotopic (exact) mass is 316 g/mol. The van der Waals surface area contributed by atoms with E-state index in [9.17, 15) is 9.18 Å². The number of rotatable bonds is 2. The predicted molar refractivity (Wildman–Crippen MR) is 85.2 cm³/mol. The maximum absolute atomic E-state index is 13.6. The average molecular weight is 316 g/mol. The fourth-order valence-electron chi connectivity index (χ4n) is 2.57. The summed E-state index contributed by atoms with van der Waals surface area (Å²) in [6.45, 7) is 5.35. The normalized spacial score (nSPS) is 12.0. The number of hydrogen-bond donors (Lipinski definition) is 1. The Morgan fingerprint density at radius 3 is 2.78 bits per heavy atom. The number of anilines is 1. The van der Waals surface area contributed by atoms with Gasteiger partial charge in [-0.05, 0) is 39.0 Å². The van der Waals surface area contributed by atoms with Crippen LogP contribution in [-0.4, -0.2) is 26.1 Å². The minimum Gasteiger partial charge on any atom is -0.459 e. The number of hydrogen-bond acceptors (Lipinski definition) is 5. The third kappa shape index (κ3) is 2.81. The lowest BCUT2D eigenvalue weighted by molar-refractivity contribution is -0.155. The molecule has 0 radical (unpaired) electrons. The summed E-state index contributed by atoms with van der Waals surface area (Å²) in [6.07, 6.45) is 1.32. The number of nitrogens with zero attached hydrogens (tertiary/aromatic N) is 3. The number of benzene rings is 1. The molecule has 0 aliphatic heterocycles. The van der Waals surface area contributed by atoms with E-state index in [1.807, 2.05) is 0 Å². The van der Waals surface area contributed by atoms with Crippen LogP contribution in [0, 0.1) is 5.82 Å². The first kappa shape index (κ1) is 15.2. The average Bonchev–Trinajstić information content (AvgIpc) is 2.72. The van der Waals surface area contributed by atoms with Crippen LogP contribution in [0.3, 0.4) is 0 Å². The number of nitrogens with two attached hydrogens (primary N) is 1. The minimum absolute atomic E-state index is 0.0423. The molecule has 0 spiro atoms. The van der Waals surface area contributed by atoms with E-state index >= 15 is 0 Å². The molecule has 7 heteroatoms. The molecule has 2 N–H and O–H groups in total. The zero-order valence-corrected chi connectivity index (χ0v) is 13.1. The summed E-state index contributed by atoms with van der Waals surface area (Å²) in [7, 11) is 0. The lowest BCUT2D eigenvalue weighted by Gasteiger charge is -2.20. The van der Waals surface area contributed by atoms with Crippen molar-refractivity contribution in [3.8, 4) is 0 Å². The van der Waals surface area contributed by atoms with Crippen molar-refractivity contribution in [1.82, 2.24) is 14.5 Å². The van der Waals surface area contributed by atoms with Crippen molar-refractivity contribution >= 4 is 33.7 Å². The Balaban J connectivity index is 2.19. The van der Waals surface area contributed by atoms with Gasteiger partial charge in [0.15, 0.2) is 0 Å². The Bertz CT molecular complexity index is 912. The molecule has 0 fully saturated rings. The lowest BCUT2D eigenvalue weighted by Crippen LogP contribution is -2.26. The Labute approximate surface area is 132 Å². The number of ether oxygens (including phenoxy) is 1. The van der Waals surface area contributed by atoms with Gasteiger partial charge in [-0.15, -0.1) is 0 Å². The van der Waals surface area contributed by atoms with Crippen molar-refractivity contribution in [3.05, 3.63) is 30.3 Å². The Hall–Kier alpha value is -2.70. The summed E-state index contributed by atoms with van der Waals surface area (Å²) in [5, 5.41) is 1.10. The van der Waals surface area contributed by atoms with E-state index in [4.69, 9.17) is 10.5 Å². The second-order valence-electron chi connectivity index (χ2n) is 6.29. The van der Waals surface area contributed by atoms with Crippen molar-refractivity contribution in [1.29, 1.82) is 0 Å². The van der Waals surface area contributed by atoms with Crippen LogP contribution in [0.25, 0.3) is 21.9 Å². The van der Waals surface area contributed by atoms with Crippen LogP contribution in [0.2, 0.25) is 0 Å². The second kappa shape index (κ2) is 5.19. The molecule has 0 saturated heterocycles. The molecule has 3 aromatic rings. The molecule has 0 saturated carbocycles. The molecular formula is C16H17FN4O2. The molecule has 0 atom stereocenters. The molecule has 2 heterocycles. The predicted octanol–water partition coefficient (Wildman–Crippen LogP) is 2.65. The van der Waals surface area contributed by atoms with Gasteiger partial charge in [0.25, 0.3) is 0 Å². The molecule has 0 bridgehead atoms. The molecule has 0 amide bonds. The van der Waals surface area contributed by atoms with Crippen LogP contribution < -0.4 is 5.73 Å². The van der Waals surface area contributed by atoms with E-state index in [1.165, 1.54) is 18.5 Å². The first-order chi connectivity index (χ1) is 10.8. The first-order valence-corrected chi connectivity index (χ1v) is 7.16. The van der Waals surface area contributed by atoms with Gasteiger partial charge in [0.1, 0.15) is 35.8 Å². The number of halogens is 1. The van der Waals surface area contributed by atoms with Gasteiger partial charge in [0, 0.05) is 5.39 Å². The molecule has 0 aliphatic carbocycles. The summed E-state index contributed by atoms with van der Waals surface area (Å²) in [4.78, 5) is 20.3. The quantitative estimate of drug-likeness (QED) is 0.735. The SMILES string of the molecule is CC(C)(C)OC(=O)Cn1c2ccc(F)cc2c2c(N)ncnc21. The van der Waals surface area contributed by atoms with Crippen molar-refractivity contribution in [2.24, 2.45) is 0 Å². The fourth-order valence-corrected chi connectivity index (χ4v) is 2.57. The number of aromatic nitrogens is 3. The van der Waals surface area contributed by atoms with Crippen LogP contribution in [0.1, 0.15) is 20.8 Å². The number of nitrogen functional groups attached to an aromatic ring is 1. The lowest BCUT2D eigenvalue weighted by atomic mass is 10.2. The van der Waals surface area contributed by atoms with Gasteiger partial charge < -0.3 is 15.0 Å². The number of fused-ring (bicyclic) bond motifs is 3. The van der Waals surface area contributed by atoms with Crippen LogP contribution in [0.5, 0.6) is 0 Å². The molecule has 3 rings (SSSR count). The summed E-state index contributed by atoms with van der Waals surface area (Å²) < 4.78 is 20.6. The first-order valence-electron chi connectivity index (χ1n) is 7.16. The summed E-state index contributed by atoms with van der Waals surface area (Å²) in [5.41, 5.74) is 6.46. The van der Waals surface area contributed by atoms with Gasteiger partial charge in [0.05, 0.1) is 10.9 Å². The van der Waals surface area contributed by atoms with Crippen LogP contribution in [0.15, 0.2) is 24.5 Å². The molecule has 120 valence electrons. The molecular weight excluding hydrogens is 299 g/mol. The van der Waals surface area contributed by atoms with Gasteiger partial charge in [-0.2, -0.15) is 0 Å². The molecule has 0 unspecified atom stereocenters. The zero-order chi connectivity index (χ0) is 16.8. The maximum atomic E-state index is 13.6. The fraction of sp³-hybridized carbons (Fsp3) is 0.312. The highest BCUT2D eigenvalue weighted by atomic mass is 19.1. The smallest absolute Gasteiger partial charge is 0.326 e. The summed E-state index contributed by atoms with van der Waals surface area (Å²) >= 11 is 0. The van der Waals surface area contributed by atoms with Crippen molar-refractivity contribution in [2.45, 2.75) is 32.9 Å². The standard InChI is InChI=1S/C16H17FN4O2/c1-16(2,3)23-12(22)7-21-11-5-4-9(17)6-10(11)13-14(18)19-8-20-15(13)21/h4-6,8H,7H2,1-3H3,(H2,18,19,20). The van der Waals surface area contributed by atoms with E-state index in [0.29, 0.717) is 21.9 Å². The van der Waals surface area contributed by atoms with Gasteiger partial charge in [0.2, 0.25) is 0 Å². The van der Waals surface area contributed by atoms with Crippen molar-refractivity contribution in [2.75, 3.05) is 5.73 Å². The highest BCUT2D eigenvalue weighted by Crippen LogP contribution is 2.31. The third-order valence-corrected chi connectivity index (χ3v) is 3.34. The number of carbonyl (C=O) groups is 1. The maximum Gasteiger partial charge on any atom is 0.326 e. The number of esters is 1. The van der Waals surface area contributed by atoms with E-state index in [1.54, 1.807) is 31.4 Å². The minimum atomic E-state index is -0.587. The van der Waals surface area contributed by atoms with Crippen LogP contribution in [-0.2, 0) is 16.1 Å². The second-order valence-corrected chi connectivity index (χ2v) is 6.29. The molecule has 1 aromatic carbocycles. The largest absolute Gasteiger partial charge is 0.459 e. The van der Waals surface area contributed by atoms with Crippen LogP contribution in [0.4, 0.5) is 10.2 Å². The molecule has 2 aromatic heterocycles. The number of carbonyl (C=O) groups excluding carboxylic acids is 1. The van der Waals surface area contributed by atoms with E-state index in [-0.39, 0.29) is 12.4 Å². The summed E-state index contributed by atoms with van der Waals surface area (Å²) in [5.74, 6) is -0.552. The van der Waals surface area contributed by atoms with E-state index in [0.717, 1.165) is 0 Å². The molecule has 0 aliphatic rings. The highest BCUT2D eigenvalue weighted by Gasteiger charge is 2.21. The Kier molecular flexibility index (Phi) is 3.43. The van der Waals surface area contributed by atoms with Gasteiger partial charge in [-0.1, -0.05) is 0 Å². The van der Waals surface area contributed by atoms with E-state index < -0.39 is 17.4 Å². The van der Waals surface area contributed by atoms with Crippen molar-refractivity contribution < 1.29 is 13.9 Å². The van der Waals surface area contributed by atoms with Crippen LogP contribution >= 0.6 is 0 Å². The highest BCUT2D eigenvalue weighted by molar-refractivity contribution is 6.11. The van der Waals surface area contributed by atoms with Gasteiger partial charge in [-0.3, -0.25) is 4.79 Å². The van der Waals surface area contributed by atoms with Gasteiger partial charge in [-0.25, -0.2) is 14.4 Å². The van der Waals surface area contributed by atoms with Crippen molar-refractivity contribution in [3.63, 3.8) is 0 Å².